The lowest BCUT2D eigenvalue weighted by atomic mass is 10.1. The van der Waals surface area contributed by atoms with Crippen LogP contribution in [-0.4, -0.2) is 21.4 Å². The molecule has 0 unspecified atom stereocenters. The molecule has 0 atom stereocenters. The molecule has 3 rings (SSSR count). The predicted octanol–water partition coefficient (Wildman–Crippen LogP) is 2.62. The van der Waals surface area contributed by atoms with Crippen molar-refractivity contribution in [1.29, 1.82) is 0 Å². The lowest BCUT2D eigenvalue weighted by Gasteiger charge is -2.11. The Hall–Kier alpha value is -2.60. The Labute approximate surface area is 135 Å². The minimum Gasteiger partial charge on any atom is -0.315 e. The van der Waals surface area contributed by atoms with Crippen molar-refractivity contribution < 1.29 is 13.2 Å². The Morgan fingerprint density at radius 1 is 1.13 bits per heavy atom. The number of benzene rings is 2. The molecule has 1 aliphatic rings. The molecule has 118 valence electrons. The monoisotopic (exact) mass is 328 g/mol. The number of hydrogen-bond acceptors (Lipinski definition) is 3. The van der Waals surface area contributed by atoms with Crippen molar-refractivity contribution in [1.82, 2.24) is 0 Å². The Bertz CT molecular complexity index is 874. The van der Waals surface area contributed by atoms with Crippen LogP contribution in [0.2, 0.25) is 0 Å². The first-order valence-electron chi connectivity index (χ1n) is 7.10. The highest BCUT2D eigenvalue weighted by Crippen LogP contribution is 2.30. The van der Waals surface area contributed by atoms with E-state index in [1.54, 1.807) is 30.1 Å². The van der Waals surface area contributed by atoms with E-state index in [1.165, 1.54) is 6.08 Å². The molecular formula is C17H16N2O3S. The molecular weight excluding hydrogens is 312 g/mol. The number of anilines is 2. The van der Waals surface area contributed by atoms with Crippen molar-refractivity contribution in [3.8, 4) is 0 Å². The van der Waals surface area contributed by atoms with Gasteiger partial charge in [0.2, 0.25) is 5.91 Å². The van der Waals surface area contributed by atoms with Crippen molar-refractivity contribution in [3.63, 3.8) is 0 Å². The number of hydrogen-bond donors (Lipinski definition) is 1. The van der Waals surface area contributed by atoms with Gasteiger partial charge in [-0.1, -0.05) is 30.3 Å². The smallest absolute Gasteiger partial charge is 0.255 e. The molecule has 1 heterocycles. The highest BCUT2D eigenvalue weighted by atomic mass is 32.2. The number of likely N-dealkylation sites (N-methyl/N-ethyl adjacent to an activating group) is 1. The fourth-order valence-electron chi connectivity index (χ4n) is 2.46. The van der Waals surface area contributed by atoms with Gasteiger partial charge in [-0.2, -0.15) is 0 Å². The predicted molar refractivity (Wildman–Crippen MR) is 91.6 cm³/mol. The zero-order valence-corrected chi connectivity index (χ0v) is 13.4. The topological polar surface area (TPSA) is 66.5 Å². The van der Waals surface area contributed by atoms with Crippen molar-refractivity contribution in [3.05, 3.63) is 65.1 Å². The van der Waals surface area contributed by atoms with Crippen molar-refractivity contribution in [2.75, 3.05) is 16.7 Å². The zero-order valence-electron chi connectivity index (χ0n) is 12.6. The van der Waals surface area contributed by atoms with Crippen molar-refractivity contribution >= 4 is 33.4 Å². The molecule has 0 aliphatic carbocycles. The SMILES string of the molecule is CN1C(=O)Cc2cc(NS(=O)(=O)C=Cc3ccccc3)ccc21. The Morgan fingerprint density at radius 3 is 2.61 bits per heavy atom. The molecule has 1 aliphatic heterocycles. The first kappa shape index (κ1) is 15.3. The van der Waals surface area contributed by atoms with Crippen LogP contribution in [0, 0.1) is 0 Å². The van der Waals surface area contributed by atoms with Gasteiger partial charge >= 0.3 is 0 Å². The third-order valence-corrected chi connectivity index (χ3v) is 4.67. The zero-order chi connectivity index (χ0) is 16.4. The molecule has 0 saturated carbocycles. The first-order valence-corrected chi connectivity index (χ1v) is 8.65. The summed E-state index contributed by atoms with van der Waals surface area (Å²) in [4.78, 5) is 13.2. The Balaban J connectivity index is 1.78. The second kappa shape index (κ2) is 5.89. The van der Waals surface area contributed by atoms with E-state index < -0.39 is 10.0 Å². The Kier molecular flexibility index (Phi) is 3.92. The number of fused-ring (bicyclic) bond motifs is 1. The number of sulfonamides is 1. The summed E-state index contributed by atoms with van der Waals surface area (Å²) in [6, 6.07) is 14.3. The van der Waals surface area contributed by atoms with E-state index in [4.69, 9.17) is 0 Å². The number of carbonyl (C=O) groups excluding carboxylic acids is 1. The minimum atomic E-state index is -3.61. The fourth-order valence-corrected chi connectivity index (χ4v) is 3.32. The van der Waals surface area contributed by atoms with E-state index in [2.05, 4.69) is 4.72 Å². The van der Waals surface area contributed by atoms with Crippen LogP contribution in [0.25, 0.3) is 6.08 Å². The summed E-state index contributed by atoms with van der Waals surface area (Å²) in [6.07, 6.45) is 1.83. The van der Waals surface area contributed by atoms with Gasteiger partial charge in [-0.25, -0.2) is 8.42 Å². The van der Waals surface area contributed by atoms with E-state index in [9.17, 15) is 13.2 Å². The van der Waals surface area contributed by atoms with Gasteiger partial charge in [0, 0.05) is 18.4 Å². The van der Waals surface area contributed by atoms with Crippen molar-refractivity contribution in [2.45, 2.75) is 6.42 Å². The fraction of sp³-hybridized carbons (Fsp3) is 0.118. The molecule has 5 nitrogen and oxygen atoms in total. The van der Waals surface area contributed by atoms with Crippen LogP contribution in [0.4, 0.5) is 11.4 Å². The Morgan fingerprint density at radius 2 is 1.87 bits per heavy atom. The van der Waals surface area contributed by atoms with Crippen LogP contribution in [0.3, 0.4) is 0 Å². The van der Waals surface area contributed by atoms with E-state index in [0.29, 0.717) is 12.1 Å². The van der Waals surface area contributed by atoms with Gasteiger partial charge in [-0.05, 0) is 35.4 Å². The number of nitrogens with zero attached hydrogens (tertiary/aromatic N) is 1. The van der Waals surface area contributed by atoms with E-state index in [0.717, 1.165) is 22.2 Å². The third kappa shape index (κ3) is 3.43. The summed E-state index contributed by atoms with van der Waals surface area (Å²) in [7, 11) is -1.90. The second-order valence-electron chi connectivity index (χ2n) is 5.33. The first-order chi connectivity index (χ1) is 10.9. The quantitative estimate of drug-likeness (QED) is 0.938. The largest absolute Gasteiger partial charge is 0.315 e. The minimum absolute atomic E-state index is 0.00369. The number of carbonyl (C=O) groups is 1. The average Bonchev–Trinajstić information content (AvgIpc) is 2.80. The molecule has 1 N–H and O–H groups in total. The van der Waals surface area contributed by atoms with E-state index >= 15 is 0 Å². The summed E-state index contributed by atoms with van der Waals surface area (Å²) in [5.74, 6) is 0.00369. The van der Waals surface area contributed by atoms with Crippen LogP contribution in [0.5, 0.6) is 0 Å². The standard InChI is InChI=1S/C17H16N2O3S/c1-19-16-8-7-15(11-14(16)12-17(19)20)18-23(21,22)10-9-13-5-3-2-4-6-13/h2-11,18H,12H2,1H3. The highest BCUT2D eigenvalue weighted by Gasteiger charge is 2.24. The highest BCUT2D eigenvalue weighted by molar-refractivity contribution is 7.95. The molecule has 2 aromatic carbocycles. The van der Waals surface area contributed by atoms with Crippen LogP contribution in [-0.2, 0) is 21.2 Å². The third-order valence-electron chi connectivity index (χ3n) is 3.66. The second-order valence-corrected chi connectivity index (χ2v) is 6.90. The van der Waals surface area contributed by atoms with Gasteiger partial charge in [0.05, 0.1) is 11.8 Å². The molecule has 0 saturated heterocycles. The van der Waals surface area contributed by atoms with E-state index in [-0.39, 0.29) is 5.91 Å². The molecule has 6 heteroatoms. The molecule has 23 heavy (non-hydrogen) atoms. The van der Waals surface area contributed by atoms with Crippen molar-refractivity contribution in [2.24, 2.45) is 0 Å². The van der Waals surface area contributed by atoms with Gasteiger partial charge in [0.25, 0.3) is 10.0 Å². The molecule has 0 spiro atoms. The van der Waals surface area contributed by atoms with E-state index in [1.807, 2.05) is 30.3 Å². The molecule has 1 amide bonds. The lowest BCUT2D eigenvalue weighted by molar-refractivity contribution is -0.117. The van der Waals surface area contributed by atoms with Gasteiger partial charge < -0.3 is 4.90 Å². The normalized spacial score (nSPS) is 14.3. The molecule has 0 fully saturated rings. The van der Waals surface area contributed by atoms with Gasteiger partial charge in [-0.3, -0.25) is 9.52 Å². The summed E-state index contributed by atoms with van der Waals surface area (Å²) < 4.78 is 26.8. The molecule has 0 bridgehead atoms. The van der Waals surface area contributed by atoms with Crippen LogP contribution < -0.4 is 9.62 Å². The summed E-state index contributed by atoms with van der Waals surface area (Å²) >= 11 is 0. The summed E-state index contributed by atoms with van der Waals surface area (Å²) in [6.45, 7) is 0. The lowest BCUT2D eigenvalue weighted by Crippen LogP contribution is -2.20. The number of rotatable bonds is 4. The maximum absolute atomic E-state index is 12.1. The van der Waals surface area contributed by atoms with Gasteiger partial charge in [0.15, 0.2) is 0 Å². The molecule has 2 aromatic rings. The van der Waals surface area contributed by atoms with Gasteiger partial charge in [-0.15, -0.1) is 0 Å². The maximum atomic E-state index is 12.1. The maximum Gasteiger partial charge on any atom is 0.255 e. The van der Waals surface area contributed by atoms with Gasteiger partial charge in [0.1, 0.15) is 0 Å². The average molecular weight is 328 g/mol. The molecule has 0 aromatic heterocycles. The molecule has 0 radical (unpaired) electrons. The summed E-state index contributed by atoms with van der Waals surface area (Å²) in [5, 5.41) is 1.13. The van der Waals surface area contributed by atoms with Crippen LogP contribution in [0.15, 0.2) is 53.9 Å². The van der Waals surface area contributed by atoms with Crippen LogP contribution in [0.1, 0.15) is 11.1 Å². The van der Waals surface area contributed by atoms with Crippen LogP contribution >= 0.6 is 0 Å². The summed E-state index contributed by atoms with van der Waals surface area (Å²) in [5.41, 5.74) is 2.89. The number of nitrogens with one attached hydrogen (secondary N) is 1. The number of amides is 1.